The lowest BCUT2D eigenvalue weighted by Crippen LogP contribution is -2.38. The Kier molecular flexibility index (Phi) is 7.34. The molecule has 0 spiro atoms. The molecule has 0 saturated heterocycles. The van der Waals surface area contributed by atoms with Crippen molar-refractivity contribution < 1.29 is 19.6 Å². The maximum absolute atomic E-state index is 12.8. The first-order valence-electron chi connectivity index (χ1n) is 9.09. The first-order valence-corrected chi connectivity index (χ1v) is 9.09. The van der Waals surface area contributed by atoms with Crippen molar-refractivity contribution in [2.75, 3.05) is 7.05 Å². The first-order chi connectivity index (χ1) is 13.3. The molecule has 150 valence electrons. The number of likely N-dealkylation sites (N-methyl/N-ethyl adjacent to an activating group) is 1. The average Bonchev–Trinajstić information content (AvgIpc) is 3.08. The molecule has 28 heavy (non-hydrogen) atoms. The quantitative estimate of drug-likeness (QED) is 0.270. The Balaban J connectivity index is 2.30. The van der Waals surface area contributed by atoms with Gasteiger partial charge in [-0.15, -0.1) is 0 Å². The van der Waals surface area contributed by atoms with Gasteiger partial charge in [0.25, 0.3) is 5.91 Å². The lowest BCUT2D eigenvalue weighted by molar-refractivity contribution is -0.135. The van der Waals surface area contributed by atoms with Gasteiger partial charge in [0.1, 0.15) is 5.70 Å². The highest BCUT2D eigenvalue weighted by Crippen LogP contribution is 2.21. The number of aromatic nitrogens is 1. The third-order valence-corrected chi connectivity index (χ3v) is 4.33. The van der Waals surface area contributed by atoms with Gasteiger partial charge < -0.3 is 15.6 Å². The molecule has 0 radical (unpaired) electrons. The second-order valence-corrected chi connectivity index (χ2v) is 6.98. The van der Waals surface area contributed by atoms with Crippen LogP contribution in [0.4, 0.5) is 0 Å². The number of H-pyrrole nitrogens is 1. The summed E-state index contributed by atoms with van der Waals surface area (Å²) in [5, 5.41) is 14.8. The summed E-state index contributed by atoms with van der Waals surface area (Å²) in [4.78, 5) is 39.7. The largest absolute Gasteiger partial charge is 0.361 e. The Labute approximate surface area is 163 Å². The monoisotopic (exact) mass is 386 g/mol. The number of carbonyl (C=O) groups is 3. The second-order valence-electron chi connectivity index (χ2n) is 6.98. The fraction of sp³-hybridized carbons (Fsp3) is 0.350. The highest BCUT2D eigenvalue weighted by Gasteiger charge is 2.25. The minimum Gasteiger partial charge on any atom is -0.361 e. The Morgan fingerprint density at radius 3 is 2.57 bits per heavy atom. The van der Waals surface area contributed by atoms with E-state index in [2.05, 4.69) is 15.6 Å². The molecule has 0 saturated carbocycles. The molecular weight excluding hydrogens is 360 g/mol. The molecule has 0 bridgehead atoms. The van der Waals surface area contributed by atoms with E-state index in [1.165, 1.54) is 7.05 Å². The number of nitrogens with one attached hydrogen (secondary N) is 4. The van der Waals surface area contributed by atoms with Crippen molar-refractivity contribution in [3.05, 3.63) is 41.7 Å². The molecule has 1 heterocycles. The third kappa shape index (κ3) is 5.43. The van der Waals surface area contributed by atoms with Gasteiger partial charge in [-0.05, 0) is 24.5 Å². The van der Waals surface area contributed by atoms with E-state index in [0.29, 0.717) is 6.42 Å². The predicted octanol–water partition coefficient (Wildman–Crippen LogP) is 1.93. The van der Waals surface area contributed by atoms with E-state index < -0.39 is 23.6 Å². The summed E-state index contributed by atoms with van der Waals surface area (Å²) in [6, 6.07) is 7.61. The summed E-state index contributed by atoms with van der Waals surface area (Å²) in [5.41, 5.74) is 3.29. The number of hydroxylamine groups is 1. The molecule has 0 aliphatic carbocycles. The lowest BCUT2D eigenvalue weighted by Gasteiger charge is -2.18. The van der Waals surface area contributed by atoms with Crippen molar-refractivity contribution in [3.8, 4) is 0 Å². The van der Waals surface area contributed by atoms with Crippen molar-refractivity contribution in [3.63, 3.8) is 0 Å². The first kappa shape index (κ1) is 21.2. The van der Waals surface area contributed by atoms with E-state index in [-0.39, 0.29) is 18.0 Å². The Morgan fingerprint density at radius 2 is 1.93 bits per heavy atom. The van der Waals surface area contributed by atoms with Crippen molar-refractivity contribution in [2.24, 2.45) is 11.8 Å². The van der Waals surface area contributed by atoms with Crippen molar-refractivity contribution in [2.45, 2.75) is 26.7 Å². The summed E-state index contributed by atoms with van der Waals surface area (Å²) in [6.07, 6.45) is 3.61. The van der Waals surface area contributed by atoms with E-state index >= 15 is 0 Å². The van der Waals surface area contributed by atoms with Gasteiger partial charge in [0.15, 0.2) is 0 Å². The molecule has 3 amide bonds. The zero-order valence-electron chi connectivity index (χ0n) is 16.2. The molecule has 2 aromatic rings. The summed E-state index contributed by atoms with van der Waals surface area (Å²) in [7, 11) is 1.47. The molecule has 0 fully saturated rings. The Hall–Kier alpha value is -3.13. The maximum atomic E-state index is 12.8. The zero-order chi connectivity index (χ0) is 20.7. The topological polar surface area (TPSA) is 123 Å². The molecule has 0 aliphatic heterocycles. The van der Waals surface area contributed by atoms with Gasteiger partial charge in [-0.3, -0.25) is 19.6 Å². The van der Waals surface area contributed by atoms with E-state index in [0.717, 1.165) is 16.5 Å². The molecule has 2 rings (SSSR count). The van der Waals surface area contributed by atoms with Crippen LogP contribution in [0.3, 0.4) is 0 Å². The van der Waals surface area contributed by atoms with Crippen LogP contribution in [0.25, 0.3) is 17.0 Å². The van der Waals surface area contributed by atoms with E-state index in [1.807, 2.05) is 38.1 Å². The van der Waals surface area contributed by atoms with Crippen molar-refractivity contribution in [1.29, 1.82) is 0 Å². The minimum atomic E-state index is -0.678. The van der Waals surface area contributed by atoms with Gasteiger partial charge in [-0.2, -0.15) is 0 Å². The van der Waals surface area contributed by atoms with Crippen LogP contribution in [0.15, 0.2) is 36.2 Å². The van der Waals surface area contributed by atoms with Crippen LogP contribution in [0, 0.1) is 11.8 Å². The highest BCUT2D eigenvalue weighted by molar-refractivity contribution is 6.03. The Morgan fingerprint density at radius 1 is 1.21 bits per heavy atom. The smallest absolute Gasteiger partial charge is 0.267 e. The van der Waals surface area contributed by atoms with Crippen LogP contribution in [0.1, 0.15) is 32.3 Å². The molecule has 1 aromatic heterocycles. The SMILES string of the molecule is CNC(=O)/C(=C\c1c[nH]c2ccccc12)NC(=O)[C@@H](CC(=O)NO)CC(C)C. The molecular formula is C20H26N4O4. The number of amides is 3. The van der Waals surface area contributed by atoms with Gasteiger partial charge in [0.2, 0.25) is 11.8 Å². The summed E-state index contributed by atoms with van der Waals surface area (Å²) in [6.45, 7) is 3.86. The number of hydrogen-bond donors (Lipinski definition) is 5. The van der Waals surface area contributed by atoms with Crippen LogP contribution in [-0.4, -0.2) is 35.0 Å². The number of aromatic amines is 1. The standard InChI is InChI=1S/C20H26N4O4/c1-12(2)8-13(10-18(25)24-28)19(26)23-17(20(27)21-3)9-14-11-22-16-7-5-4-6-15(14)16/h4-7,9,11-13,22,28H,8,10H2,1-3H3,(H,21,27)(H,23,26)(H,24,25)/b17-9+/t13-/m1/s1. The van der Waals surface area contributed by atoms with Gasteiger partial charge in [0, 0.05) is 42.0 Å². The normalized spacial score (nSPS) is 12.7. The van der Waals surface area contributed by atoms with Crippen LogP contribution in [0.5, 0.6) is 0 Å². The zero-order valence-corrected chi connectivity index (χ0v) is 16.2. The van der Waals surface area contributed by atoms with Gasteiger partial charge in [-0.25, -0.2) is 5.48 Å². The summed E-state index contributed by atoms with van der Waals surface area (Å²) >= 11 is 0. The average molecular weight is 386 g/mol. The molecule has 1 aromatic carbocycles. The number of carbonyl (C=O) groups excluding carboxylic acids is 3. The minimum absolute atomic E-state index is 0.0791. The number of hydrogen-bond acceptors (Lipinski definition) is 4. The Bertz CT molecular complexity index is 885. The number of fused-ring (bicyclic) bond motifs is 1. The predicted molar refractivity (Wildman–Crippen MR) is 106 cm³/mol. The van der Waals surface area contributed by atoms with E-state index in [1.54, 1.807) is 17.8 Å². The number of para-hydroxylation sites is 1. The van der Waals surface area contributed by atoms with Crippen molar-refractivity contribution in [1.82, 2.24) is 21.1 Å². The fourth-order valence-corrected chi connectivity index (χ4v) is 3.02. The third-order valence-electron chi connectivity index (χ3n) is 4.33. The molecule has 1 atom stereocenters. The molecule has 0 unspecified atom stereocenters. The van der Waals surface area contributed by atoms with Gasteiger partial charge >= 0.3 is 0 Å². The molecule has 0 aliphatic rings. The van der Waals surface area contributed by atoms with Crippen LogP contribution in [0.2, 0.25) is 0 Å². The number of rotatable bonds is 8. The van der Waals surface area contributed by atoms with Crippen LogP contribution in [-0.2, 0) is 14.4 Å². The van der Waals surface area contributed by atoms with Crippen molar-refractivity contribution >= 4 is 34.7 Å². The van der Waals surface area contributed by atoms with Crippen LogP contribution >= 0.6 is 0 Å². The van der Waals surface area contributed by atoms with Gasteiger partial charge in [-0.1, -0.05) is 32.0 Å². The molecule has 8 nitrogen and oxygen atoms in total. The number of benzene rings is 1. The molecule has 5 N–H and O–H groups in total. The highest BCUT2D eigenvalue weighted by atomic mass is 16.5. The maximum Gasteiger partial charge on any atom is 0.267 e. The van der Waals surface area contributed by atoms with E-state index in [4.69, 9.17) is 5.21 Å². The van der Waals surface area contributed by atoms with Gasteiger partial charge in [0.05, 0.1) is 0 Å². The van der Waals surface area contributed by atoms with Crippen LogP contribution < -0.4 is 16.1 Å². The second kappa shape index (κ2) is 9.70. The fourth-order valence-electron chi connectivity index (χ4n) is 3.02. The summed E-state index contributed by atoms with van der Waals surface area (Å²) in [5.74, 6) is -2.07. The lowest BCUT2D eigenvalue weighted by atomic mass is 9.93. The molecule has 8 heteroatoms. The summed E-state index contributed by atoms with van der Waals surface area (Å²) < 4.78 is 0. The van der Waals surface area contributed by atoms with E-state index in [9.17, 15) is 14.4 Å².